The van der Waals surface area contributed by atoms with Crippen molar-refractivity contribution in [3.63, 3.8) is 0 Å². The lowest BCUT2D eigenvalue weighted by atomic mass is 10.1. The van der Waals surface area contributed by atoms with E-state index in [1.807, 2.05) is 28.9 Å². The van der Waals surface area contributed by atoms with E-state index < -0.39 is 0 Å². The highest BCUT2D eigenvalue weighted by Gasteiger charge is 2.27. The van der Waals surface area contributed by atoms with Gasteiger partial charge in [0.15, 0.2) is 5.84 Å². The molecule has 0 amide bonds. The van der Waals surface area contributed by atoms with E-state index in [1.54, 1.807) is 11.8 Å². The van der Waals surface area contributed by atoms with Crippen LogP contribution in [0, 0.1) is 0 Å². The number of oxime groups is 1. The molecule has 0 saturated heterocycles. The van der Waals surface area contributed by atoms with Crippen LogP contribution in [0.4, 0.5) is 0 Å². The highest BCUT2D eigenvalue weighted by molar-refractivity contribution is 7.98. The molecule has 0 spiro atoms. The van der Waals surface area contributed by atoms with Crippen molar-refractivity contribution in [2.75, 3.05) is 0 Å². The van der Waals surface area contributed by atoms with Crippen LogP contribution in [-0.4, -0.2) is 31.3 Å². The van der Waals surface area contributed by atoms with Gasteiger partial charge in [-0.2, -0.15) is 0 Å². The van der Waals surface area contributed by atoms with Crippen LogP contribution in [-0.2, 0) is 5.75 Å². The predicted octanol–water partition coefficient (Wildman–Crippen LogP) is 1.39. The van der Waals surface area contributed by atoms with Crippen molar-refractivity contribution >= 4 is 17.6 Å². The summed E-state index contributed by atoms with van der Waals surface area (Å²) in [5, 5.41) is 24.5. The Morgan fingerprint density at radius 1 is 1.45 bits per heavy atom. The predicted molar refractivity (Wildman–Crippen MR) is 74.6 cm³/mol. The SMILES string of the molecule is N/C(=N\O)c1ccccc1CSc1nnnn1C1CC1. The molecule has 2 aromatic rings. The standard InChI is InChI=1S/C12H14N6OS/c13-11(15-19)10-4-2-1-3-8(10)7-20-12-14-16-17-18(12)9-5-6-9/h1-4,9,19H,5-7H2,(H2,13,15). The summed E-state index contributed by atoms with van der Waals surface area (Å²) in [7, 11) is 0. The van der Waals surface area contributed by atoms with Gasteiger partial charge in [-0.3, -0.25) is 0 Å². The third-order valence-electron chi connectivity index (χ3n) is 3.11. The number of amidine groups is 1. The van der Waals surface area contributed by atoms with Gasteiger partial charge in [-0.05, 0) is 28.8 Å². The number of nitrogens with zero attached hydrogens (tertiary/aromatic N) is 5. The number of hydrogen-bond acceptors (Lipinski definition) is 6. The normalized spacial score (nSPS) is 15.5. The van der Waals surface area contributed by atoms with Crippen LogP contribution in [0.2, 0.25) is 0 Å². The first-order valence-corrected chi connectivity index (χ1v) is 7.24. The second-order valence-corrected chi connectivity index (χ2v) is 5.51. The Morgan fingerprint density at radius 3 is 3.00 bits per heavy atom. The summed E-state index contributed by atoms with van der Waals surface area (Å²) in [6, 6.07) is 8.01. The minimum absolute atomic E-state index is 0.114. The van der Waals surface area contributed by atoms with Crippen LogP contribution in [0.15, 0.2) is 34.6 Å². The fourth-order valence-electron chi connectivity index (χ4n) is 1.92. The zero-order valence-electron chi connectivity index (χ0n) is 10.7. The zero-order chi connectivity index (χ0) is 13.9. The zero-order valence-corrected chi connectivity index (χ0v) is 11.5. The summed E-state index contributed by atoms with van der Waals surface area (Å²) in [5.74, 6) is 0.780. The molecular formula is C12H14N6OS. The van der Waals surface area contributed by atoms with Crippen LogP contribution < -0.4 is 5.73 Å². The Morgan fingerprint density at radius 2 is 2.25 bits per heavy atom. The molecular weight excluding hydrogens is 276 g/mol. The van der Waals surface area contributed by atoms with Gasteiger partial charge < -0.3 is 10.9 Å². The summed E-state index contributed by atoms with van der Waals surface area (Å²) < 4.78 is 1.87. The Hall–Kier alpha value is -2.09. The Labute approximate surface area is 119 Å². The molecule has 7 nitrogen and oxygen atoms in total. The number of rotatable bonds is 5. The fourth-order valence-corrected chi connectivity index (χ4v) is 2.87. The average molecular weight is 290 g/mol. The summed E-state index contributed by atoms with van der Waals surface area (Å²) >= 11 is 1.55. The van der Waals surface area contributed by atoms with Crippen molar-refractivity contribution in [2.45, 2.75) is 29.8 Å². The van der Waals surface area contributed by atoms with Crippen LogP contribution in [0.3, 0.4) is 0 Å². The smallest absolute Gasteiger partial charge is 0.209 e. The third kappa shape index (κ3) is 2.60. The molecule has 0 atom stereocenters. The van der Waals surface area contributed by atoms with Gasteiger partial charge in [-0.1, -0.05) is 41.2 Å². The van der Waals surface area contributed by atoms with Crippen LogP contribution in [0.5, 0.6) is 0 Å². The molecule has 8 heteroatoms. The number of aromatic nitrogens is 4. The molecule has 3 rings (SSSR count). The van der Waals surface area contributed by atoms with Gasteiger partial charge in [-0.15, -0.1) is 5.10 Å². The van der Waals surface area contributed by atoms with Gasteiger partial charge in [0.2, 0.25) is 5.16 Å². The lowest BCUT2D eigenvalue weighted by Gasteiger charge is -2.07. The van der Waals surface area contributed by atoms with Crippen molar-refractivity contribution in [2.24, 2.45) is 10.9 Å². The number of nitrogens with two attached hydrogens (primary N) is 1. The van der Waals surface area contributed by atoms with E-state index in [9.17, 15) is 0 Å². The highest BCUT2D eigenvalue weighted by atomic mass is 32.2. The van der Waals surface area contributed by atoms with E-state index in [4.69, 9.17) is 10.9 Å². The molecule has 104 valence electrons. The highest BCUT2D eigenvalue weighted by Crippen LogP contribution is 2.37. The maximum Gasteiger partial charge on any atom is 0.209 e. The maximum atomic E-state index is 8.81. The first-order chi connectivity index (χ1) is 9.79. The lowest BCUT2D eigenvalue weighted by Crippen LogP contribution is -2.15. The molecule has 1 aliphatic carbocycles. The van der Waals surface area contributed by atoms with E-state index in [1.165, 1.54) is 0 Å². The quantitative estimate of drug-likeness (QED) is 0.284. The van der Waals surface area contributed by atoms with Gasteiger partial charge in [0.05, 0.1) is 6.04 Å². The lowest BCUT2D eigenvalue weighted by molar-refractivity contribution is 0.318. The topological polar surface area (TPSA) is 102 Å². The molecule has 1 aromatic heterocycles. The molecule has 0 aliphatic heterocycles. The van der Waals surface area contributed by atoms with Gasteiger partial charge in [-0.25, -0.2) is 4.68 Å². The molecule has 0 unspecified atom stereocenters. The maximum absolute atomic E-state index is 8.81. The molecule has 1 heterocycles. The number of benzene rings is 1. The molecule has 1 saturated carbocycles. The first kappa shape index (κ1) is 12.9. The van der Waals surface area contributed by atoms with E-state index in [0.717, 1.165) is 29.1 Å². The summed E-state index contributed by atoms with van der Waals surface area (Å²) in [5.41, 5.74) is 7.39. The van der Waals surface area contributed by atoms with Gasteiger partial charge in [0.1, 0.15) is 0 Å². The van der Waals surface area contributed by atoms with Crippen molar-refractivity contribution < 1.29 is 5.21 Å². The van der Waals surface area contributed by atoms with E-state index in [0.29, 0.717) is 11.8 Å². The number of hydrogen-bond donors (Lipinski definition) is 2. The first-order valence-electron chi connectivity index (χ1n) is 6.26. The monoisotopic (exact) mass is 290 g/mol. The largest absolute Gasteiger partial charge is 0.409 e. The van der Waals surface area contributed by atoms with Gasteiger partial charge in [0, 0.05) is 11.3 Å². The summed E-state index contributed by atoms with van der Waals surface area (Å²) in [4.78, 5) is 0. The Bertz CT molecular complexity index is 636. The average Bonchev–Trinajstić information content (AvgIpc) is 3.23. The third-order valence-corrected chi connectivity index (χ3v) is 4.10. The van der Waals surface area contributed by atoms with Gasteiger partial charge >= 0.3 is 0 Å². The molecule has 3 N–H and O–H groups in total. The molecule has 1 aliphatic rings. The fraction of sp³-hybridized carbons (Fsp3) is 0.333. The van der Waals surface area contributed by atoms with Crippen LogP contribution >= 0.6 is 11.8 Å². The number of tetrazole rings is 1. The van der Waals surface area contributed by atoms with Crippen molar-refractivity contribution in [1.29, 1.82) is 0 Å². The molecule has 1 aromatic carbocycles. The second kappa shape index (κ2) is 5.49. The molecule has 1 fully saturated rings. The summed E-state index contributed by atoms with van der Waals surface area (Å²) in [6.07, 6.45) is 2.28. The molecule has 20 heavy (non-hydrogen) atoms. The van der Waals surface area contributed by atoms with Gasteiger partial charge in [0.25, 0.3) is 0 Å². The Kier molecular flexibility index (Phi) is 3.55. The number of thioether (sulfide) groups is 1. The van der Waals surface area contributed by atoms with Crippen molar-refractivity contribution in [3.05, 3.63) is 35.4 Å². The summed E-state index contributed by atoms with van der Waals surface area (Å²) in [6.45, 7) is 0. The van der Waals surface area contributed by atoms with E-state index in [2.05, 4.69) is 20.7 Å². The van der Waals surface area contributed by atoms with Crippen molar-refractivity contribution in [1.82, 2.24) is 20.2 Å². The van der Waals surface area contributed by atoms with E-state index >= 15 is 0 Å². The second-order valence-electron chi connectivity index (χ2n) is 4.57. The van der Waals surface area contributed by atoms with Crippen LogP contribution in [0.25, 0.3) is 0 Å². The molecule has 0 radical (unpaired) electrons. The minimum Gasteiger partial charge on any atom is -0.409 e. The van der Waals surface area contributed by atoms with Crippen LogP contribution in [0.1, 0.15) is 30.0 Å². The van der Waals surface area contributed by atoms with E-state index in [-0.39, 0.29) is 5.84 Å². The Balaban J connectivity index is 1.76. The van der Waals surface area contributed by atoms with Crippen molar-refractivity contribution in [3.8, 4) is 0 Å². The molecule has 0 bridgehead atoms. The minimum atomic E-state index is 0.114.